The molecule has 1 aliphatic rings. The van der Waals surface area contributed by atoms with Crippen LogP contribution in [-0.4, -0.2) is 56.8 Å². The van der Waals surface area contributed by atoms with Gasteiger partial charge in [-0.15, -0.1) is 0 Å². The third-order valence-corrected chi connectivity index (χ3v) is 7.21. The van der Waals surface area contributed by atoms with Gasteiger partial charge in [0.05, 0.1) is 18.8 Å². The maximum Gasteiger partial charge on any atom is 0.416 e. The summed E-state index contributed by atoms with van der Waals surface area (Å²) in [5.41, 5.74) is -1.65. The lowest BCUT2D eigenvalue weighted by Gasteiger charge is -2.31. The van der Waals surface area contributed by atoms with Crippen molar-refractivity contribution in [3.8, 4) is 11.6 Å². The highest BCUT2D eigenvalue weighted by molar-refractivity contribution is 5.95. The molecule has 1 amide bonds. The van der Waals surface area contributed by atoms with Gasteiger partial charge in [0, 0.05) is 24.4 Å². The number of amides is 1. The summed E-state index contributed by atoms with van der Waals surface area (Å²) in [6.07, 6.45) is -0.594. The Morgan fingerprint density at radius 1 is 1.18 bits per heavy atom. The van der Waals surface area contributed by atoms with E-state index in [9.17, 15) is 32.6 Å². The molecule has 0 unspecified atom stereocenters. The Morgan fingerprint density at radius 2 is 1.87 bits per heavy atom. The molecule has 0 aliphatic heterocycles. The van der Waals surface area contributed by atoms with Gasteiger partial charge in [0.25, 0.3) is 11.8 Å². The van der Waals surface area contributed by atoms with E-state index in [1.54, 1.807) is 13.8 Å². The third kappa shape index (κ3) is 7.17. The summed E-state index contributed by atoms with van der Waals surface area (Å²) < 4.78 is 60.2. The van der Waals surface area contributed by atoms with E-state index >= 15 is 0 Å². The van der Waals surface area contributed by atoms with Crippen molar-refractivity contribution in [2.24, 2.45) is 0 Å². The van der Waals surface area contributed by atoms with E-state index in [-0.39, 0.29) is 55.1 Å². The molecule has 2 aromatic rings. The molecular weight excluding hydrogens is 518 g/mol. The van der Waals surface area contributed by atoms with Crippen LogP contribution in [0, 0.1) is 0 Å². The minimum absolute atomic E-state index is 0.0329. The predicted molar refractivity (Wildman–Crippen MR) is 137 cm³/mol. The molecule has 1 aromatic carbocycles. The predicted octanol–water partition coefficient (Wildman–Crippen LogP) is 5.75. The van der Waals surface area contributed by atoms with Gasteiger partial charge in [-0.3, -0.25) is 4.79 Å². The molecule has 1 heterocycles. The quantitative estimate of drug-likeness (QED) is 0.256. The van der Waals surface area contributed by atoms with Crippen LogP contribution in [0.25, 0.3) is 0 Å². The molecule has 1 aromatic heterocycles. The van der Waals surface area contributed by atoms with E-state index in [2.05, 4.69) is 9.97 Å². The fourth-order valence-electron chi connectivity index (χ4n) is 5.16. The molecule has 39 heavy (non-hydrogen) atoms. The Balaban J connectivity index is 2.11. The molecule has 216 valence electrons. The van der Waals surface area contributed by atoms with E-state index < -0.39 is 35.6 Å². The zero-order chi connectivity index (χ0) is 28.8. The van der Waals surface area contributed by atoms with Crippen LogP contribution >= 0.6 is 0 Å². The summed E-state index contributed by atoms with van der Waals surface area (Å²) >= 11 is 0. The summed E-state index contributed by atoms with van der Waals surface area (Å²) in [5.74, 6) is -1.19. The SMILES string of the molecule is CCCCOc1c(O)nc(CC2(c3cc(CF)cc(C(F)(F)F)c3)CCCC2)nc1C(=O)N(CCO)C(C)C. The van der Waals surface area contributed by atoms with Crippen molar-refractivity contribution in [2.45, 2.75) is 90.0 Å². The molecule has 0 saturated heterocycles. The van der Waals surface area contributed by atoms with Gasteiger partial charge in [-0.25, -0.2) is 9.37 Å². The number of hydrogen-bond donors (Lipinski definition) is 2. The number of ether oxygens (including phenoxy) is 1. The van der Waals surface area contributed by atoms with Gasteiger partial charge < -0.3 is 19.8 Å². The Morgan fingerprint density at radius 3 is 2.44 bits per heavy atom. The molecule has 0 atom stereocenters. The number of hydrogen-bond acceptors (Lipinski definition) is 6. The summed E-state index contributed by atoms with van der Waals surface area (Å²) in [5, 5.41) is 20.3. The Labute approximate surface area is 226 Å². The number of carbonyl (C=O) groups is 1. The second kappa shape index (κ2) is 12.9. The zero-order valence-corrected chi connectivity index (χ0v) is 22.7. The van der Waals surface area contributed by atoms with Crippen molar-refractivity contribution in [1.29, 1.82) is 0 Å². The molecule has 11 heteroatoms. The second-order valence-electron chi connectivity index (χ2n) is 10.4. The monoisotopic (exact) mass is 555 g/mol. The van der Waals surface area contributed by atoms with Crippen molar-refractivity contribution in [1.82, 2.24) is 14.9 Å². The average molecular weight is 556 g/mol. The number of carbonyl (C=O) groups excluding carboxylic acids is 1. The summed E-state index contributed by atoms with van der Waals surface area (Å²) in [6, 6.07) is 3.03. The number of aliphatic hydroxyl groups is 1. The van der Waals surface area contributed by atoms with E-state index in [4.69, 9.17) is 4.74 Å². The number of aromatic hydroxyl groups is 1. The van der Waals surface area contributed by atoms with E-state index in [0.717, 1.165) is 31.4 Å². The van der Waals surface area contributed by atoms with Crippen molar-refractivity contribution >= 4 is 5.91 Å². The molecule has 1 saturated carbocycles. The molecule has 1 fully saturated rings. The zero-order valence-electron chi connectivity index (χ0n) is 22.7. The first kappa shape index (κ1) is 30.6. The summed E-state index contributed by atoms with van der Waals surface area (Å²) in [4.78, 5) is 23.6. The van der Waals surface area contributed by atoms with E-state index in [1.807, 2.05) is 6.92 Å². The van der Waals surface area contributed by atoms with Gasteiger partial charge in [-0.1, -0.05) is 32.3 Å². The minimum atomic E-state index is -4.64. The summed E-state index contributed by atoms with van der Waals surface area (Å²) in [6.45, 7) is 4.44. The Kier molecular flexibility index (Phi) is 10.1. The van der Waals surface area contributed by atoms with Crippen LogP contribution in [-0.2, 0) is 24.7 Å². The molecule has 0 spiro atoms. The van der Waals surface area contributed by atoms with Crippen molar-refractivity contribution < 1.29 is 37.3 Å². The first-order valence-electron chi connectivity index (χ1n) is 13.4. The van der Waals surface area contributed by atoms with Gasteiger partial charge in [0.1, 0.15) is 12.5 Å². The number of rotatable bonds is 12. The van der Waals surface area contributed by atoms with Crippen LogP contribution in [0.5, 0.6) is 11.6 Å². The van der Waals surface area contributed by atoms with E-state index in [1.165, 1.54) is 11.0 Å². The molecule has 2 N–H and O–H groups in total. The lowest BCUT2D eigenvalue weighted by atomic mass is 9.75. The van der Waals surface area contributed by atoms with Crippen molar-refractivity contribution in [3.05, 3.63) is 46.4 Å². The smallest absolute Gasteiger partial charge is 0.416 e. The van der Waals surface area contributed by atoms with E-state index in [0.29, 0.717) is 24.8 Å². The normalized spacial score (nSPS) is 15.1. The van der Waals surface area contributed by atoms with Gasteiger partial charge >= 0.3 is 6.18 Å². The number of benzene rings is 1. The molecule has 7 nitrogen and oxygen atoms in total. The lowest BCUT2D eigenvalue weighted by molar-refractivity contribution is -0.137. The number of aromatic nitrogens is 2. The second-order valence-corrected chi connectivity index (χ2v) is 10.4. The van der Waals surface area contributed by atoms with Crippen LogP contribution in [0.1, 0.15) is 92.3 Å². The Bertz CT molecular complexity index is 1130. The standard InChI is InChI=1S/C28H37F4N3O4/c1-4-5-12-39-24-23(26(38)35(10-11-36)18(2)3)33-22(34-25(24)37)16-27(8-6-7-9-27)20-13-19(17-29)14-21(15-20)28(30,31)32/h13-15,18,36H,4-12,16-17H2,1-3H3,(H,33,34,37). The molecular formula is C28H37F4N3O4. The molecule has 1 aliphatic carbocycles. The Hall–Kier alpha value is -2.95. The van der Waals surface area contributed by atoms with Crippen LogP contribution < -0.4 is 4.74 Å². The van der Waals surface area contributed by atoms with Crippen LogP contribution in [0.3, 0.4) is 0 Å². The van der Waals surface area contributed by atoms with Gasteiger partial charge in [-0.05, 0) is 56.4 Å². The highest BCUT2D eigenvalue weighted by Gasteiger charge is 2.40. The number of nitrogens with zero attached hydrogens (tertiary/aromatic N) is 3. The first-order valence-corrected chi connectivity index (χ1v) is 13.4. The number of unbranched alkanes of at least 4 members (excludes halogenated alkanes) is 1. The van der Waals surface area contributed by atoms with Crippen molar-refractivity contribution in [3.63, 3.8) is 0 Å². The van der Waals surface area contributed by atoms with Crippen molar-refractivity contribution in [2.75, 3.05) is 19.8 Å². The third-order valence-electron chi connectivity index (χ3n) is 7.21. The van der Waals surface area contributed by atoms with Crippen LogP contribution in [0.15, 0.2) is 18.2 Å². The average Bonchev–Trinajstić information content (AvgIpc) is 3.36. The van der Waals surface area contributed by atoms with Gasteiger partial charge in [-0.2, -0.15) is 18.2 Å². The maximum absolute atomic E-state index is 13.6. The fraction of sp³-hybridized carbons (Fsp3) is 0.607. The van der Waals surface area contributed by atoms with Gasteiger partial charge in [0.15, 0.2) is 5.69 Å². The van der Waals surface area contributed by atoms with Crippen LogP contribution in [0.2, 0.25) is 0 Å². The van der Waals surface area contributed by atoms with Gasteiger partial charge in [0.2, 0.25) is 5.75 Å². The molecule has 3 rings (SSSR count). The topological polar surface area (TPSA) is 95.8 Å². The molecule has 0 bridgehead atoms. The highest BCUT2D eigenvalue weighted by Crippen LogP contribution is 2.46. The maximum atomic E-state index is 13.6. The number of halogens is 4. The minimum Gasteiger partial charge on any atom is -0.491 e. The first-order chi connectivity index (χ1) is 18.5. The van der Waals surface area contributed by atoms with Crippen LogP contribution in [0.4, 0.5) is 17.6 Å². The lowest BCUT2D eigenvalue weighted by Crippen LogP contribution is -2.40. The largest absolute Gasteiger partial charge is 0.491 e. The number of alkyl halides is 4. The number of aliphatic hydroxyl groups excluding tert-OH is 1. The summed E-state index contributed by atoms with van der Waals surface area (Å²) in [7, 11) is 0. The molecule has 0 radical (unpaired) electrons. The highest BCUT2D eigenvalue weighted by atomic mass is 19.4. The fourth-order valence-corrected chi connectivity index (χ4v) is 5.16.